The molecule has 0 saturated carbocycles. The SMILES string of the molecule is CCN(C(=O)N(C)C1CCOCC1)C(C)(C)C(=O)O. The van der Waals surface area contributed by atoms with Crippen LogP contribution in [0.25, 0.3) is 0 Å². The standard InChI is InChI=1S/C13H24N2O4/c1-5-15(13(2,3)11(16)17)12(18)14(4)10-6-8-19-9-7-10/h10H,5-9H2,1-4H3,(H,16,17). The molecule has 1 saturated heterocycles. The first-order valence-corrected chi connectivity index (χ1v) is 6.68. The van der Waals surface area contributed by atoms with Crippen molar-refractivity contribution in [1.29, 1.82) is 0 Å². The highest BCUT2D eigenvalue weighted by atomic mass is 16.5. The Hall–Kier alpha value is -1.30. The van der Waals surface area contributed by atoms with Crippen LogP contribution in [0, 0.1) is 0 Å². The Morgan fingerprint density at radius 3 is 2.26 bits per heavy atom. The fourth-order valence-corrected chi connectivity index (χ4v) is 2.30. The largest absolute Gasteiger partial charge is 0.480 e. The van der Waals surface area contributed by atoms with E-state index in [0.717, 1.165) is 12.8 Å². The maximum atomic E-state index is 12.5. The first-order valence-electron chi connectivity index (χ1n) is 6.68. The third-order valence-corrected chi connectivity index (χ3v) is 3.79. The number of carbonyl (C=O) groups excluding carboxylic acids is 1. The van der Waals surface area contributed by atoms with Crippen LogP contribution in [-0.2, 0) is 9.53 Å². The highest BCUT2D eigenvalue weighted by Gasteiger charge is 2.39. The minimum absolute atomic E-state index is 0.125. The minimum Gasteiger partial charge on any atom is -0.480 e. The van der Waals surface area contributed by atoms with Crippen LogP contribution < -0.4 is 0 Å². The molecule has 0 aromatic rings. The Balaban J connectivity index is 2.80. The smallest absolute Gasteiger partial charge is 0.329 e. The zero-order chi connectivity index (χ0) is 14.6. The number of carboxylic acid groups (broad SMARTS) is 1. The molecule has 0 bridgehead atoms. The molecular weight excluding hydrogens is 248 g/mol. The van der Waals surface area contributed by atoms with Crippen molar-refractivity contribution in [2.45, 2.75) is 45.2 Å². The van der Waals surface area contributed by atoms with Crippen molar-refractivity contribution in [2.24, 2.45) is 0 Å². The molecule has 0 aromatic heterocycles. The van der Waals surface area contributed by atoms with E-state index in [9.17, 15) is 14.7 Å². The summed E-state index contributed by atoms with van der Waals surface area (Å²) in [6, 6.07) is -0.110. The normalized spacial score (nSPS) is 17.1. The van der Waals surface area contributed by atoms with Gasteiger partial charge in [-0.15, -0.1) is 0 Å². The number of urea groups is 1. The summed E-state index contributed by atoms with van der Waals surface area (Å²) in [5.74, 6) is -0.997. The van der Waals surface area contributed by atoms with Gasteiger partial charge in [0.2, 0.25) is 0 Å². The lowest BCUT2D eigenvalue weighted by molar-refractivity contribution is -0.147. The number of hydrogen-bond acceptors (Lipinski definition) is 3. The number of hydrogen-bond donors (Lipinski definition) is 1. The second-order valence-electron chi connectivity index (χ2n) is 5.35. The molecule has 110 valence electrons. The Bertz CT molecular complexity index is 338. The van der Waals surface area contributed by atoms with Gasteiger partial charge in [-0.2, -0.15) is 0 Å². The number of amides is 2. The molecule has 1 rings (SSSR count). The van der Waals surface area contributed by atoms with Crippen molar-refractivity contribution >= 4 is 12.0 Å². The Labute approximate surface area is 114 Å². The highest BCUT2D eigenvalue weighted by Crippen LogP contribution is 2.20. The van der Waals surface area contributed by atoms with Gasteiger partial charge in [0.25, 0.3) is 0 Å². The zero-order valence-electron chi connectivity index (χ0n) is 12.2. The molecule has 0 aromatic carbocycles. The summed E-state index contributed by atoms with van der Waals surface area (Å²) in [5.41, 5.74) is -1.20. The van der Waals surface area contributed by atoms with Gasteiger partial charge in [0.05, 0.1) is 0 Å². The summed E-state index contributed by atoms with van der Waals surface area (Å²) in [7, 11) is 1.74. The molecule has 0 radical (unpaired) electrons. The van der Waals surface area contributed by atoms with Crippen LogP contribution in [0.3, 0.4) is 0 Å². The van der Waals surface area contributed by atoms with Crippen LogP contribution in [0.15, 0.2) is 0 Å². The van der Waals surface area contributed by atoms with E-state index in [0.29, 0.717) is 19.8 Å². The van der Waals surface area contributed by atoms with Gasteiger partial charge < -0.3 is 19.6 Å². The first kappa shape index (κ1) is 15.8. The molecule has 0 spiro atoms. The van der Waals surface area contributed by atoms with E-state index < -0.39 is 11.5 Å². The predicted octanol–water partition coefficient (Wildman–Crippen LogP) is 1.40. The van der Waals surface area contributed by atoms with E-state index in [1.807, 2.05) is 0 Å². The fourth-order valence-electron chi connectivity index (χ4n) is 2.30. The number of carboxylic acids is 1. The van der Waals surface area contributed by atoms with Crippen LogP contribution in [-0.4, -0.2) is 65.3 Å². The van der Waals surface area contributed by atoms with Crippen molar-refractivity contribution < 1.29 is 19.4 Å². The third kappa shape index (κ3) is 3.37. The number of ether oxygens (including phenoxy) is 1. The van der Waals surface area contributed by atoms with Crippen LogP contribution in [0.5, 0.6) is 0 Å². The monoisotopic (exact) mass is 272 g/mol. The maximum absolute atomic E-state index is 12.5. The second kappa shape index (κ2) is 6.23. The van der Waals surface area contributed by atoms with Gasteiger partial charge in [-0.3, -0.25) is 0 Å². The molecule has 1 aliphatic heterocycles. The van der Waals surface area contributed by atoms with Crippen molar-refractivity contribution in [1.82, 2.24) is 9.80 Å². The molecule has 1 N–H and O–H groups in total. The van der Waals surface area contributed by atoms with E-state index in [1.54, 1.807) is 32.7 Å². The summed E-state index contributed by atoms with van der Waals surface area (Å²) in [5, 5.41) is 9.25. The summed E-state index contributed by atoms with van der Waals surface area (Å²) < 4.78 is 5.28. The topological polar surface area (TPSA) is 70.1 Å². The first-order chi connectivity index (χ1) is 8.82. The average Bonchev–Trinajstić information content (AvgIpc) is 2.39. The van der Waals surface area contributed by atoms with Crippen molar-refractivity contribution in [2.75, 3.05) is 26.8 Å². The number of likely N-dealkylation sites (N-methyl/N-ethyl adjacent to an activating group) is 1. The zero-order valence-corrected chi connectivity index (χ0v) is 12.2. The van der Waals surface area contributed by atoms with Crippen LogP contribution in [0.4, 0.5) is 4.79 Å². The van der Waals surface area contributed by atoms with Crippen LogP contribution in [0.2, 0.25) is 0 Å². The summed E-state index contributed by atoms with van der Waals surface area (Å²) in [6.45, 7) is 6.56. The second-order valence-corrected chi connectivity index (χ2v) is 5.35. The van der Waals surface area contributed by atoms with E-state index in [-0.39, 0.29) is 12.1 Å². The molecule has 19 heavy (non-hydrogen) atoms. The molecule has 6 nitrogen and oxygen atoms in total. The van der Waals surface area contributed by atoms with E-state index in [4.69, 9.17) is 4.74 Å². The molecule has 1 heterocycles. The van der Waals surface area contributed by atoms with Gasteiger partial charge in [-0.1, -0.05) is 0 Å². The lowest BCUT2D eigenvalue weighted by atomic mass is 10.0. The molecule has 2 amide bonds. The number of carbonyl (C=O) groups is 2. The van der Waals surface area contributed by atoms with Gasteiger partial charge in [0.1, 0.15) is 5.54 Å². The molecule has 0 aliphatic carbocycles. The minimum atomic E-state index is -1.20. The van der Waals surface area contributed by atoms with Crippen molar-refractivity contribution in [3.63, 3.8) is 0 Å². The lowest BCUT2D eigenvalue weighted by Gasteiger charge is -2.40. The van der Waals surface area contributed by atoms with Gasteiger partial charge in [-0.25, -0.2) is 9.59 Å². The van der Waals surface area contributed by atoms with E-state index in [2.05, 4.69) is 0 Å². The van der Waals surface area contributed by atoms with E-state index >= 15 is 0 Å². The number of nitrogens with zero attached hydrogens (tertiary/aromatic N) is 2. The fraction of sp³-hybridized carbons (Fsp3) is 0.846. The lowest BCUT2D eigenvalue weighted by Crippen LogP contribution is -2.58. The summed E-state index contributed by atoms with van der Waals surface area (Å²) in [4.78, 5) is 26.8. The predicted molar refractivity (Wildman–Crippen MR) is 71.1 cm³/mol. The Kier molecular flexibility index (Phi) is 5.17. The molecule has 1 aliphatic rings. The van der Waals surface area contributed by atoms with Gasteiger partial charge in [0, 0.05) is 32.8 Å². The van der Waals surface area contributed by atoms with Gasteiger partial charge >= 0.3 is 12.0 Å². The van der Waals surface area contributed by atoms with Crippen molar-refractivity contribution in [3.8, 4) is 0 Å². The molecule has 0 unspecified atom stereocenters. The summed E-state index contributed by atoms with van der Waals surface area (Å²) in [6.07, 6.45) is 1.60. The average molecular weight is 272 g/mol. The molecule has 0 atom stereocenters. The third-order valence-electron chi connectivity index (χ3n) is 3.79. The highest BCUT2D eigenvalue weighted by molar-refractivity contribution is 5.85. The quantitative estimate of drug-likeness (QED) is 0.840. The van der Waals surface area contributed by atoms with Crippen LogP contribution in [0.1, 0.15) is 33.6 Å². The Morgan fingerprint density at radius 1 is 1.32 bits per heavy atom. The Morgan fingerprint density at radius 2 is 1.84 bits per heavy atom. The maximum Gasteiger partial charge on any atom is 0.329 e. The molecule has 1 fully saturated rings. The van der Waals surface area contributed by atoms with Gasteiger partial charge in [-0.05, 0) is 33.6 Å². The van der Waals surface area contributed by atoms with E-state index in [1.165, 1.54) is 4.90 Å². The molecule has 6 heteroatoms. The summed E-state index contributed by atoms with van der Waals surface area (Å²) >= 11 is 0. The van der Waals surface area contributed by atoms with Crippen LogP contribution >= 0.6 is 0 Å². The number of rotatable bonds is 4. The van der Waals surface area contributed by atoms with Crippen molar-refractivity contribution in [3.05, 3.63) is 0 Å². The number of aliphatic carboxylic acids is 1. The molecular formula is C13H24N2O4. The van der Waals surface area contributed by atoms with Gasteiger partial charge in [0.15, 0.2) is 0 Å².